The van der Waals surface area contributed by atoms with Crippen molar-refractivity contribution in [3.05, 3.63) is 52.6 Å². The first-order valence-corrected chi connectivity index (χ1v) is 8.62. The SMILES string of the molecule is Cc1cc(=O)[nH]c(-n2nc(C)cc2NC(=O)C(=O)NCCCn2ccnc2)n1. The molecular weight excluding hydrogens is 364 g/mol. The standard InChI is InChI=1S/C17H20N8O3/c1-11-9-14(26)22-17(20-11)25-13(8-12(2)23-25)21-16(28)15(27)19-4-3-6-24-7-5-18-10-24/h5,7-10H,3-4,6H2,1-2H3,(H,19,27)(H,21,28)(H,20,22,26). The molecule has 0 aromatic carbocycles. The van der Waals surface area contributed by atoms with Crippen LogP contribution in [0.1, 0.15) is 17.8 Å². The van der Waals surface area contributed by atoms with Gasteiger partial charge in [-0.3, -0.25) is 19.4 Å². The van der Waals surface area contributed by atoms with Gasteiger partial charge in [0.2, 0.25) is 5.95 Å². The Morgan fingerprint density at radius 3 is 2.71 bits per heavy atom. The Labute approximate surface area is 159 Å². The van der Waals surface area contributed by atoms with Crippen LogP contribution in [0.15, 0.2) is 35.6 Å². The van der Waals surface area contributed by atoms with Gasteiger partial charge in [-0.2, -0.15) is 9.78 Å². The van der Waals surface area contributed by atoms with Gasteiger partial charge in [0.1, 0.15) is 5.82 Å². The molecule has 11 heteroatoms. The molecule has 3 rings (SSSR count). The molecule has 0 aliphatic rings. The first-order valence-electron chi connectivity index (χ1n) is 8.62. The first-order chi connectivity index (χ1) is 13.4. The minimum absolute atomic E-state index is 0.147. The van der Waals surface area contributed by atoms with Crippen LogP contribution in [-0.4, -0.2) is 47.7 Å². The molecule has 0 spiro atoms. The fraction of sp³-hybridized carbons (Fsp3) is 0.294. The first kappa shape index (κ1) is 19.0. The summed E-state index contributed by atoms with van der Waals surface area (Å²) in [4.78, 5) is 46.6. The number of imidazole rings is 1. The summed E-state index contributed by atoms with van der Waals surface area (Å²) < 4.78 is 3.15. The number of aryl methyl sites for hydroxylation is 3. The number of rotatable bonds is 6. The van der Waals surface area contributed by atoms with Gasteiger partial charge in [-0.25, -0.2) is 9.97 Å². The van der Waals surface area contributed by atoms with E-state index in [1.54, 1.807) is 32.4 Å². The summed E-state index contributed by atoms with van der Waals surface area (Å²) in [7, 11) is 0. The summed E-state index contributed by atoms with van der Waals surface area (Å²) in [5.74, 6) is -1.22. The highest BCUT2D eigenvalue weighted by molar-refractivity contribution is 6.39. The Hall–Kier alpha value is -3.76. The van der Waals surface area contributed by atoms with Crippen molar-refractivity contribution in [3.8, 4) is 5.95 Å². The Bertz CT molecular complexity index is 1040. The van der Waals surface area contributed by atoms with Gasteiger partial charge in [0, 0.05) is 43.3 Å². The fourth-order valence-electron chi connectivity index (χ4n) is 2.55. The molecule has 0 aliphatic heterocycles. The van der Waals surface area contributed by atoms with E-state index in [1.807, 2.05) is 10.8 Å². The topological polar surface area (TPSA) is 140 Å². The van der Waals surface area contributed by atoms with E-state index in [4.69, 9.17) is 0 Å². The summed E-state index contributed by atoms with van der Waals surface area (Å²) >= 11 is 0. The minimum Gasteiger partial charge on any atom is -0.348 e. The Balaban J connectivity index is 1.62. The van der Waals surface area contributed by atoms with E-state index in [0.29, 0.717) is 30.9 Å². The lowest BCUT2D eigenvalue weighted by atomic mass is 10.4. The average molecular weight is 384 g/mol. The second kappa shape index (κ2) is 8.29. The van der Waals surface area contributed by atoms with Crippen LogP contribution in [0.3, 0.4) is 0 Å². The lowest BCUT2D eigenvalue weighted by Crippen LogP contribution is -2.36. The van der Waals surface area contributed by atoms with E-state index < -0.39 is 11.8 Å². The largest absolute Gasteiger partial charge is 0.348 e. The number of anilines is 1. The van der Waals surface area contributed by atoms with Crippen LogP contribution < -0.4 is 16.2 Å². The van der Waals surface area contributed by atoms with E-state index >= 15 is 0 Å². The van der Waals surface area contributed by atoms with Gasteiger partial charge in [0.25, 0.3) is 5.56 Å². The van der Waals surface area contributed by atoms with Gasteiger partial charge in [0.15, 0.2) is 0 Å². The van der Waals surface area contributed by atoms with Crippen molar-refractivity contribution >= 4 is 17.6 Å². The van der Waals surface area contributed by atoms with Crippen LogP contribution in [0.4, 0.5) is 5.82 Å². The van der Waals surface area contributed by atoms with Gasteiger partial charge < -0.3 is 15.2 Å². The molecule has 3 aromatic heterocycles. The second-order valence-corrected chi connectivity index (χ2v) is 6.16. The number of aromatic nitrogens is 6. The molecule has 3 N–H and O–H groups in total. The van der Waals surface area contributed by atoms with Crippen molar-refractivity contribution in [1.29, 1.82) is 0 Å². The number of aromatic amines is 1. The van der Waals surface area contributed by atoms with Crippen LogP contribution in [0, 0.1) is 13.8 Å². The van der Waals surface area contributed by atoms with E-state index in [2.05, 4.69) is 30.7 Å². The zero-order valence-corrected chi connectivity index (χ0v) is 15.5. The van der Waals surface area contributed by atoms with Crippen LogP contribution >= 0.6 is 0 Å². The van der Waals surface area contributed by atoms with Gasteiger partial charge >= 0.3 is 11.8 Å². The zero-order valence-electron chi connectivity index (χ0n) is 15.5. The van der Waals surface area contributed by atoms with Crippen molar-refractivity contribution < 1.29 is 9.59 Å². The Morgan fingerprint density at radius 2 is 2.00 bits per heavy atom. The zero-order chi connectivity index (χ0) is 20.1. The number of nitrogens with one attached hydrogen (secondary N) is 3. The van der Waals surface area contributed by atoms with Gasteiger partial charge in [0.05, 0.1) is 12.0 Å². The molecule has 0 bridgehead atoms. The molecule has 3 heterocycles. The summed E-state index contributed by atoms with van der Waals surface area (Å²) in [6.45, 7) is 4.41. The number of hydrogen-bond donors (Lipinski definition) is 3. The number of H-pyrrole nitrogens is 1. The maximum Gasteiger partial charge on any atom is 0.314 e. The molecule has 3 aromatic rings. The molecule has 0 aliphatic carbocycles. The maximum absolute atomic E-state index is 12.2. The van der Waals surface area contributed by atoms with Gasteiger partial charge in [-0.15, -0.1) is 0 Å². The van der Waals surface area contributed by atoms with Crippen molar-refractivity contribution in [3.63, 3.8) is 0 Å². The molecule has 0 atom stereocenters. The van der Waals surface area contributed by atoms with Gasteiger partial charge in [-0.05, 0) is 20.3 Å². The molecule has 28 heavy (non-hydrogen) atoms. The van der Waals surface area contributed by atoms with E-state index in [9.17, 15) is 14.4 Å². The number of hydrogen-bond acceptors (Lipinski definition) is 6. The predicted octanol–water partition coefficient (Wildman–Crippen LogP) is -0.0861. The van der Waals surface area contributed by atoms with E-state index in [1.165, 1.54) is 10.7 Å². The number of carbonyl (C=O) groups is 2. The van der Waals surface area contributed by atoms with Crippen molar-refractivity contribution in [2.24, 2.45) is 0 Å². The third-order valence-corrected chi connectivity index (χ3v) is 3.78. The molecule has 0 saturated carbocycles. The molecule has 146 valence electrons. The highest BCUT2D eigenvalue weighted by Gasteiger charge is 2.18. The van der Waals surface area contributed by atoms with Crippen molar-refractivity contribution in [2.75, 3.05) is 11.9 Å². The summed E-state index contributed by atoms with van der Waals surface area (Å²) in [6, 6.07) is 2.92. The Kier molecular flexibility index (Phi) is 5.63. The van der Waals surface area contributed by atoms with Crippen molar-refractivity contribution in [2.45, 2.75) is 26.8 Å². The second-order valence-electron chi connectivity index (χ2n) is 6.16. The molecule has 0 unspecified atom stereocenters. The quantitative estimate of drug-likeness (QED) is 0.401. The molecule has 2 amide bonds. The normalized spacial score (nSPS) is 10.6. The fourth-order valence-corrected chi connectivity index (χ4v) is 2.55. The van der Waals surface area contributed by atoms with E-state index in [0.717, 1.165) is 0 Å². The summed E-state index contributed by atoms with van der Waals surface area (Å²) in [5, 5.41) is 9.27. The third kappa shape index (κ3) is 4.69. The van der Waals surface area contributed by atoms with Crippen LogP contribution in [-0.2, 0) is 16.1 Å². The van der Waals surface area contributed by atoms with Gasteiger partial charge in [-0.1, -0.05) is 0 Å². The maximum atomic E-state index is 12.2. The third-order valence-electron chi connectivity index (χ3n) is 3.78. The summed E-state index contributed by atoms with van der Waals surface area (Å²) in [6.07, 6.45) is 5.83. The predicted molar refractivity (Wildman–Crippen MR) is 99.9 cm³/mol. The smallest absolute Gasteiger partial charge is 0.314 e. The molecule has 0 saturated heterocycles. The molecule has 0 radical (unpaired) electrons. The lowest BCUT2D eigenvalue weighted by Gasteiger charge is -2.09. The lowest BCUT2D eigenvalue weighted by molar-refractivity contribution is -0.136. The molecular formula is C17H20N8O3. The monoisotopic (exact) mass is 384 g/mol. The van der Waals surface area contributed by atoms with Crippen LogP contribution in [0.5, 0.6) is 0 Å². The van der Waals surface area contributed by atoms with Crippen LogP contribution in [0.25, 0.3) is 5.95 Å². The number of amides is 2. The number of nitrogens with zero attached hydrogens (tertiary/aromatic N) is 5. The summed E-state index contributed by atoms with van der Waals surface area (Å²) in [5.41, 5.74) is 0.739. The van der Waals surface area contributed by atoms with E-state index in [-0.39, 0.29) is 17.3 Å². The van der Waals surface area contributed by atoms with Crippen LogP contribution in [0.2, 0.25) is 0 Å². The number of carbonyl (C=O) groups excluding carboxylic acids is 2. The van der Waals surface area contributed by atoms with Crippen molar-refractivity contribution in [1.82, 2.24) is 34.6 Å². The molecule has 11 nitrogen and oxygen atoms in total. The highest BCUT2D eigenvalue weighted by Crippen LogP contribution is 2.13. The molecule has 0 fully saturated rings. The highest BCUT2D eigenvalue weighted by atomic mass is 16.2. The Morgan fingerprint density at radius 1 is 1.18 bits per heavy atom. The average Bonchev–Trinajstić information content (AvgIpc) is 3.27. The minimum atomic E-state index is -0.834.